The summed E-state index contributed by atoms with van der Waals surface area (Å²) in [7, 11) is 0. The van der Waals surface area contributed by atoms with Crippen LogP contribution in [0, 0.1) is 0 Å². The maximum absolute atomic E-state index is 9.00. The molecule has 1 atom stereocenters. The molecular weight excluding hydrogens is 269 g/mol. The Labute approximate surface area is 100 Å². The van der Waals surface area contributed by atoms with Crippen LogP contribution >= 0.6 is 46.3 Å². The summed E-state index contributed by atoms with van der Waals surface area (Å²) >= 11 is 17.8. The Hall–Kier alpha value is 0.190. The molecule has 0 aliphatic rings. The van der Waals surface area contributed by atoms with E-state index >= 15 is 0 Å². The number of aliphatic hydroxyl groups is 1. The van der Waals surface area contributed by atoms with Crippen molar-refractivity contribution in [1.82, 2.24) is 9.36 Å². The van der Waals surface area contributed by atoms with Crippen molar-refractivity contribution in [2.45, 2.75) is 16.8 Å². The fraction of sp³-hybridized carbons (Fsp3) is 0.667. The zero-order chi connectivity index (χ0) is 10.8. The van der Waals surface area contributed by atoms with Crippen LogP contribution in [0.25, 0.3) is 0 Å². The van der Waals surface area contributed by atoms with Crippen molar-refractivity contribution in [2.24, 2.45) is 0 Å². The highest BCUT2D eigenvalue weighted by atomic mass is 35.6. The average molecular weight is 277 g/mol. The summed E-state index contributed by atoms with van der Waals surface area (Å²) in [6.07, 6.45) is -0.463. The molecule has 0 aliphatic carbocycles. The maximum atomic E-state index is 9.00. The molecule has 2 N–H and O–H groups in total. The minimum absolute atomic E-state index is 0.139. The third-order valence-electron chi connectivity index (χ3n) is 1.23. The van der Waals surface area contributed by atoms with E-state index in [2.05, 4.69) is 14.7 Å². The second kappa shape index (κ2) is 4.81. The maximum Gasteiger partial charge on any atom is 0.251 e. The molecule has 8 heteroatoms. The standard InChI is InChI=1S/C6H8Cl3N3OS/c1-3(13)2-10-5-11-4(12-14-5)6(7,8)9/h3,13H,2H2,1H3,(H,10,11,12). The van der Waals surface area contributed by atoms with Crippen LogP contribution in [-0.2, 0) is 3.79 Å². The molecular formula is C6H8Cl3N3OS. The van der Waals surface area contributed by atoms with Gasteiger partial charge in [-0.05, 0) is 6.92 Å². The van der Waals surface area contributed by atoms with E-state index in [0.29, 0.717) is 11.7 Å². The van der Waals surface area contributed by atoms with Gasteiger partial charge in [0.15, 0.2) is 5.82 Å². The van der Waals surface area contributed by atoms with Gasteiger partial charge >= 0.3 is 0 Å². The van der Waals surface area contributed by atoms with E-state index in [9.17, 15) is 0 Å². The normalized spacial score (nSPS) is 14.1. The van der Waals surface area contributed by atoms with Gasteiger partial charge in [0.1, 0.15) is 0 Å². The highest BCUT2D eigenvalue weighted by Gasteiger charge is 2.28. The van der Waals surface area contributed by atoms with Crippen molar-refractivity contribution in [2.75, 3.05) is 11.9 Å². The lowest BCUT2D eigenvalue weighted by atomic mass is 10.4. The summed E-state index contributed by atoms with van der Waals surface area (Å²) in [6, 6.07) is 0. The summed E-state index contributed by atoms with van der Waals surface area (Å²) in [4.78, 5) is 3.94. The van der Waals surface area contributed by atoms with E-state index in [1.807, 2.05) is 0 Å². The van der Waals surface area contributed by atoms with Gasteiger partial charge in [0, 0.05) is 18.1 Å². The van der Waals surface area contributed by atoms with Crippen molar-refractivity contribution >= 4 is 51.5 Å². The SMILES string of the molecule is CC(O)CNc1nc(C(Cl)(Cl)Cl)ns1. The van der Waals surface area contributed by atoms with Crippen LogP contribution in [0.1, 0.15) is 12.7 Å². The number of hydrogen-bond donors (Lipinski definition) is 2. The smallest absolute Gasteiger partial charge is 0.251 e. The van der Waals surface area contributed by atoms with Crippen molar-refractivity contribution in [3.05, 3.63) is 5.82 Å². The Morgan fingerprint density at radius 1 is 1.57 bits per heavy atom. The number of aliphatic hydroxyl groups excluding tert-OH is 1. The number of alkyl halides is 3. The Bertz CT molecular complexity index is 299. The van der Waals surface area contributed by atoms with Gasteiger partial charge in [0.2, 0.25) is 5.13 Å². The second-order valence-corrected chi connectivity index (χ2v) is 5.68. The summed E-state index contributed by atoms with van der Waals surface area (Å²) in [5.41, 5.74) is 0. The molecule has 0 aliphatic heterocycles. The van der Waals surface area contributed by atoms with E-state index in [4.69, 9.17) is 39.9 Å². The minimum atomic E-state index is -1.60. The fourth-order valence-corrected chi connectivity index (χ4v) is 1.68. The molecule has 1 aromatic heterocycles. The van der Waals surface area contributed by atoms with Crippen molar-refractivity contribution < 1.29 is 5.11 Å². The van der Waals surface area contributed by atoms with Gasteiger partial charge < -0.3 is 10.4 Å². The average Bonchev–Trinajstić information content (AvgIpc) is 2.47. The number of aromatic nitrogens is 2. The summed E-state index contributed by atoms with van der Waals surface area (Å²) in [5, 5.41) is 12.4. The topological polar surface area (TPSA) is 58.0 Å². The van der Waals surface area contributed by atoms with Crippen LogP contribution in [0.3, 0.4) is 0 Å². The van der Waals surface area contributed by atoms with E-state index in [1.165, 1.54) is 0 Å². The zero-order valence-electron chi connectivity index (χ0n) is 7.17. The van der Waals surface area contributed by atoms with E-state index < -0.39 is 9.90 Å². The number of hydrogen-bond acceptors (Lipinski definition) is 5. The van der Waals surface area contributed by atoms with Crippen LogP contribution in [0.4, 0.5) is 5.13 Å². The first kappa shape index (κ1) is 12.3. The number of nitrogens with one attached hydrogen (secondary N) is 1. The quantitative estimate of drug-likeness (QED) is 0.831. The first-order chi connectivity index (χ1) is 6.39. The summed E-state index contributed by atoms with van der Waals surface area (Å²) in [5.74, 6) is 0.139. The summed E-state index contributed by atoms with van der Waals surface area (Å²) in [6.45, 7) is 2.04. The molecule has 1 aromatic rings. The van der Waals surface area contributed by atoms with Gasteiger partial charge in [0.05, 0.1) is 6.10 Å². The fourth-order valence-electron chi connectivity index (χ4n) is 0.645. The molecule has 1 rings (SSSR count). The monoisotopic (exact) mass is 275 g/mol. The third kappa shape index (κ3) is 3.74. The molecule has 0 fully saturated rings. The van der Waals surface area contributed by atoms with Gasteiger partial charge in [-0.1, -0.05) is 34.8 Å². The molecule has 0 bridgehead atoms. The second-order valence-electron chi connectivity index (χ2n) is 2.65. The van der Waals surface area contributed by atoms with Crippen LogP contribution in [0.15, 0.2) is 0 Å². The lowest BCUT2D eigenvalue weighted by Crippen LogP contribution is -2.15. The molecule has 0 aromatic carbocycles. The molecule has 0 radical (unpaired) electrons. The van der Waals surface area contributed by atoms with Crippen molar-refractivity contribution in [1.29, 1.82) is 0 Å². The van der Waals surface area contributed by atoms with Crippen LogP contribution in [-0.4, -0.2) is 27.1 Å². The van der Waals surface area contributed by atoms with Crippen LogP contribution in [0.2, 0.25) is 0 Å². The van der Waals surface area contributed by atoms with Crippen LogP contribution < -0.4 is 5.32 Å². The van der Waals surface area contributed by atoms with Gasteiger partial charge in [0.25, 0.3) is 3.79 Å². The Kier molecular flexibility index (Phi) is 4.21. The van der Waals surface area contributed by atoms with Crippen molar-refractivity contribution in [3.63, 3.8) is 0 Å². The van der Waals surface area contributed by atoms with E-state index in [-0.39, 0.29) is 5.82 Å². The number of halogens is 3. The molecule has 0 saturated heterocycles. The lowest BCUT2D eigenvalue weighted by molar-refractivity contribution is 0.208. The molecule has 0 spiro atoms. The van der Waals surface area contributed by atoms with E-state index in [0.717, 1.165) is 11.5 Å². The minimum Gasteiger partial charge on any atom is -0.392 e. The van der Waals surface area contributed by atoms with Gasteiger partial charge in [-0.25, -0.2) is 0 Å². The Morgan fingerprint density at radius 3 is 2.64 bits per heavy atom. The van der Waals surface area contributed by atoms with Crippen LogP contribution in [0.5, 0.6) is 0 Å². The summed E-state index contributed by atoms with van der Waals surface area (Å²) < 4.78 is 2.26. The number of rotatable bonds is 3. The van der Waals surface area contributed by atoms with Gasteiger partial charge in [-0.15, -0.1) is 0 Å². The zero-order valence-corrected chi connectivity index (χ0v) is 10.3. The first-order valence-electron chi connectivity index (χ1n) is 3.72. The predicted molar refractivity (Wildman–Crippen MR) is 59.3 cm³/mol. The highest BCUT2D eigenvalue weighted by Crippen LogP contribution is 2.37. The Balaban J connectivity index is 2.60. The molecule has 14 heavy (non-hydrogen) atoms. The first-order valence-corrected chi connectivity index (χ1v) is 5.63. The largest absolute Gasteiger partial charge is 0.392 e. The molecule has 80 valence electrons. The van der Waals surface area contributed by atoms with Gasteiger partial charge in [-0.2, -0.15) is 9.36 Å². The number of anilines is 1. The number of nitrogens with zero attached hydrogens (tertiary/aromatic N) is 2. The van der Waals surface area contributed by atoms with E-state index in [1.54, 1.807) is 6.92 Å². The molecule has 4 nitrogen and oxygen atoms in total. The predicted octanol–water partition coefficient (Wildman–Crippen LogP) is 2.16. The highest BCUT2D eigenvalue weighted by molar-refractivity contribution is 7.09. The third-order valence-corrected chi connectivity index (χ3v) is 2.41. The van der Waals surface area contributed by atoms with Crippen molar-refractivity contribution in [3.8, 4) is 0 Å². The molecule has 1 heterocycles. The Morgan fingerprint density at radius 2 is 2.21 bits per heavy atom. The lowest BCUT2D eigenvalue weighted by Gasteiger charge is -2.05. The molecule has 0 amide bonds. The molecule has 0 saturated carbocycles. The molecule has 1 unspecified atom stereocenters. The van der Waals surface area contributed by atoms with Gasteiger partial charge in [-0.3, -0.25) is 0 Å².